The van der Waals surface area contributed by atoms with Crippen LogP contribution in [0.25, 0.3) is 0 Å². The minimum absolute atomic E-state index is 0.0539. The zero-order valence-electron chi connectivity index (χ0n) is 16.5. The molecule has 162 valence electrons. The van der Waals surface area contributed by atoms with E-state index in [-0.39, 0.29) is 17.6 Å². The van der Waals surface area contributed by atoms with Crippen LogP contribution in [0.3, 0.4) is 0 Å². The van der Waals surface area contributed by atoms with Crippen LogP contribution >= 0.6 is 12.0 Å². The van der Waals surface area contributed by atoms with Gasteiger partial charge in [0.2, 0.25) is 0 Å². The molecule has 3 aromatic carbocycles. The van der Waals surface area contributed by atoms with Gasteiger partial charge in [0, 0.05) is 11.0 Å². The highest BCUT2D eigenvalue weighted by Crippen LogP contribution is 2.31. The van der Waals surface area contributed by atoms with Gasteiger partial charge < -0.3 is 4.74 Å². The number of rotatable bonds is 9. The summed E-state index contributed by atoms with van der Waals surface area (Å²) in [6.45, 7) is -0.0539. The van der Waals surface area contributed by atoms with Crippen molar-refractivity contribution >= 4 is 27.8 Å². The van der Waals surface area contributed by atoms with Gasteiger partial charge in [-0.1, -0.05) is 42.5 Å². The summed E-state index contributed by atoms with van der Waals surface area (Å²) in [4.78, 5) is 6.07. The number of fused-ring (bicyclic) bond motifs is 1. The van der Waals surface area contributed by atoms with Crippen molar-refractivity contribution in [1.29, 1.82) is 0 Å². The molecular weight excluding hydrogens is 438 g/mol. The van der Waals surface area contributed by atoms with E-state index in [9.17, 15) is 8.42 Å². The van der Waals surface area contributed by atoms with Gasteiger partial charge in [-0.25, -0.2) is 5.48 Å². The Bertz CT molecular complexity index is 1090. The average Bonchev–Trinajstić information content (AvgIpc) is 2.81. The third-order valence-electron chi connectivity index (χ3n) is 4.60. The summed E-state index contributed by atoms with van der Waals surface area (Å²) in [5, 5.41) is 0. The monoisotopic (exact) mass is 459 g/mol. The van der Waals surface area contributed by atoms with Crippen molar-refractivity contribution in [2.45, 2.75) is 28.7 Å². The molecule has 0 amide bonds. The zero-order chi connectivity index (χ0) is 21.5. The van der Waals surface area contributed by atoms with Gasteiger partial charge in [-0.3, -0.25) is 4.18 Å². The van der Waals surface area contributed by atoms with E-state index >= 15 is 0 Å². The first kappa shape index (κ1) is 21.7. The maximum atomic E-state index is 12.3. The van der Waals surface area contributed by atoms with Crippen LogP contribution in [0.5, 0.6) is 5.75 Å². The highest BCUT2D eigenvalue weighted by molar-refractivity contribution is 7.94. The number of nitrogens with one attached hydrogen (secondary N) is 1. The standard InChI is InChI=1S/C22H21NO6S2/c24-31(25,21-9-5-2-6-10-21)26-16-19-14-12-17-11-13-18(15-22(17)27-19)23-28-29-30-20-7-3-1-4-8-20/h1-11,13,15,19,23H,12,14,16H2. The van der Waals surface area contributed by atoms with Crippen LogP contribution in [0.4, 0.5) is 5.69 Å². The largest absolute Gasteiger partial charge is 0.488 e. The minimum atomic E-state index is -3.81. The molecule has 3 aromatic rings. The SMILES string of the molecule is O=S(=O)(OCC1CCc2ccc(NOOSc3ccccc3)cc2O1)c1ccccc1. The Morgan fingerprint density at radius 3 is 2.52 bits per heavy atom. The van der Waals surface area contributed by atoms with Gasteiger partial charge in [-0.15, -0.1) is 9.32 Å². The molecule has 1 heterocycles. The zero-order valence-corrected chi connectivity index (χ0v) is 18.1. The van der Waals surface area contributed by atoms with Crippen molar-refractivity contribution in [3.05, 3.63) is 84.4 Å². The van der Waals surface area contributed by atoms with Crippen molar-refractivity contribution in [3.63, 3.8) is 0 Å². The lowest BCUT2D eigenvalue weighted by Gasteiger charge is -2.26. The number of aryl methyl sites for hydroxylation is 1. The lowest BCUT2D eigenvalue weighted by atomic mass is 10.0. The molecule has 1 aliphatic heterocycles. The Morgan fingerprint density at radius 1 is 1.00 bits per heavy atom. The van der Waals surface area contributed by atoms with Gasteiger partial charge in [0.15, 0.2) is 0 Å². The molecule has 1 atom stereocenters. The fraction of sp³-hybridized carbons (Fsp3) is 0.182. The summed E-state index contributed by atoms with van der Waals surface area (Å²) in [6.07, 6.45) is 1.06. The van der Waals surface area contributed by atoms with E-state index in [0.29, 0.717) is 17.9 Å². The number of hydrogen-bond acceptors (Lipinski definition) is 8. The molecule has 0 fully saturated rings. The van der Waals surface area contributed by atoms with E-state index in [2.05, 4.69) is 5.48 Å². The molecule has 9 heteroatoms. The summed E-state index contributed by atoms with van der Waals surface area (Å²) >= 11 is 1.09. The predicted octanol–water partition coefficient (Wildman–Crippen LogP) is 4.77. The highest BCUT2D eigenvalue weighted by atomic mass is 32.2. The number of anilines is 1. The van der Waals surface area contributed by atoms with E-state index in [1.54, 1.807) is 24.3 Å². The first-order chi connectivity index (χ1) is 15.1. The summed E-state index contributed by atoms with van der Waals surface area (Å²) in [5.74, 6) is 0.654. The van der Waals surface area contributed by atoms with Gasteiger partial charge >= 0.3 is 0 Å². The molecule has 0 bridgehead atoms. The molecule has 0 radical (unpaired) electrons. The minimum Gasteiger partial charge on any atom is -0.488 e. The second kappa shape index (κ2) is 10.2. The van der Waals surface area contributed by atoms with E-state index in [0.717, 1.165) is 28.9 Å². The predicted molar refractivity (Wildman–Crippen MR) is 117 cm³/mol. The van der Waals surface area contributed by atoms with E-state index in [1.165, 1.54) is 12.1 Å². The van der Waals surface area contributed by atoms with Gasteiger partial charge in [0.05, 0.1) is 22.6 Å². The van der Waals surface area contributed by atoms with E-state index in [1.807, 2.05) is 42.5 Å². The number of ether oxygens (including phenoxy) is 1. The molecule has 1 aliphatic rings. The van der Waals surface area contributed by atoms with Gasteiger partial charge in [0.25, 0.3) is 10.1 Å². The van der Waals surface area contributed by atoms with Gasteiger partial charge in [-0.2, -0.15) is 8.42 Å². The second-order valence-corrected chi connectivity index (χ2v) is 9.19. The van der Waals surface area contributed by atoms with E-state index in [4.69, 9.17) is 18.2 Å². The first-order valence-corrected chi connectivity index (χ1v) is 11.8. The van der Waals surface area contributed by atoms with Crippen molar-refractivity contribution in [2.24, 2.45) is 0 Å². The Kier molecular flexibility index (Phi) is 7.10. The van der Waals surface area contributed by atoms with Crippen LogP contribution < -0.4 is 10.2 Å². The summed E-state index contributed by atoms with van der Waals surface area (Å²) < 4.78 is 40.8. The van der Waals surface area contributed by atoms with Crippen LogP contribution in [0, 0.1) is 0 Å². The van der Waals surface area contributed by atoms with Crippen LogP contribution in [0.2, 0.25) is 0 Å². The van der Waals surface area contributed by atoms with Crippen molar-refractivity contribution in [3.8, 4) is 5.75 Å². The first-order valence-electron chi connectivity index (χ1n) is 9.65. The Labute approximate surface area is 185 Å². The Morgan fingerprint density at radius 2 is 1.74 bits per heavy atom. The molecule has 31 heavy (non-hydrogen) atoms. The summed E-state index contributed by atoms with van der Waals surface area (Å²) in [5.41, 5.74) is 4.39. The third kappa shape index (κ3) is 5.99. The summed E-state index contributed by atoms with van der Waals surface area (Å²) in [7, 11) is -3.81. The van der Waals surface area contributed by atoms with Crippen molar-refractivity contribution in [1.82, 2.24) is 0 Å². The maximum Gasteiger partial charge on any atom is 0.297 e. The Hall–Kier alpha value is -2.56. The van der Waals surface area contributed by atoms with Gasteiger partial charge in [-0.05, 0) is 48.7 Å². The lowest BCUT2D eigenvalue weighted by molar-refractivity contribution is -0.161. The molecule has 1 N–H and O–H groups in total. The van der Waals surface area contributed by atoms with Crippen molar-refractivity contribution in [2.75, 3.05) is 12.1 Å². The fourth-order valence-corrected chi connectivity index (χ4v) is 4.40. The van der Waals surface area contributed by atoms with Crippen LogP contribution in [0.1, 0.15) is 12.0 Å². The lowest BCUT2D eigenvalue weighted by Crippen LogP contribution is -2.29. The molecule has 0 spiro atoms. The topological polar surface area (TPSA) is 83.1 Å². The molecule has 0 aromatic heterocycles. The Balaban J connectivity index is 1.29. The van der Waals surface area contributed by atoms with Crippen molar-refractivity contribution < 1.29 is 26.7 Å². The number of benzene rings is 3. The van der Waals surface area contributed by atoms with E-state index < -0.39 is 10.1 Å². The molecule has 0 aliphatic carbocycles. The van der Waals surface area contributed by atoms with Crippen LogP contribution in [0.15, 0.2) is 88.7 Å². The average molecular weight is 460 g/mol. The second-order valence-electron chi connectivity index (χ2n) is 6.80. The fourth-order valence-electron chi connectivity index (χ4n) is 3.02. The maximum absolute atomic E-state index is 12.3. The third-order valence-corrected chi connectivity index (χ3v) is 6.50. The molecule has 0 saturated carbocycles. The molecule has 7 nitrogen and oxygen atoms in total. The molecule has 1 unspecified atom stereocenters. The quantitative estimate of drug-likeness (QED) is 0.161. The number of hydrogen-bond donors (Lipinski definition) is 1. The smallest absolute Gasteiger partial charge is 0.297 e. The van der Waals surface area contributed by atoms with Gasteiger partial charge in [0.1, 0.15) is 18.5 Å². The molecule has 4 rings (SSSR count). The highest BCUT2D eigenvalue weighted by Gasteiger charge is 2.24. The summed E-state index contributed by atoms with van der Waals surface area (Å²) in [6, 6.07) is 23.2. The molecule has 0 saturated heterocycles. The molecular formula is C22H21NO6S2. The van der Waals surface area contributed by atoms with Crippen LogP contribution in [-0.4, -0.2) is 21.1 Å². The van der Waals surface area contributed by atoms with Crippen LogP contribution in [-0.2, 0) is 30.0 Å². The normalized spacial score (nSPS) is 15.7.